The predicted molar refractivity (Wildman–Crippen MR) is 46.4 cm³/mol. The second-order valence-corrected chi connectivity index (χ2v) is 3.69. The first-order chi connectivity index (χ1) is 6.68. The van der Waals surface area contributed by atoms with Crippen molar-refractivity contribution in [3.63, 3.8) is 0 Å². The van der Waals surface area contributed by atoms with Gasteiger partial charge in [0.25, 0.3) is 0 Å². The molecule has 0 spiro atoms. The van der Waals surface area contributed by atoms with Crippen molar-refractivity contribution in [1.29, 1.82) is 0 Å². The van der Waals surface area contributed by atoms with Crippen molar-refractivity contribution in [2.45, 2.75) is 12.0 Å². The number of hydrogen-bond donors (Lipinski definition) is 2. The molecule has 0 saturated heterocycles. The van der Waals surface area contributed by atoms with Crippen molar-refractivity contribution < 1.29 is 19.7 Å². The maximum atomic E-state index is 10.7. The maximum Gasteiger partial charge on any atom is 0.311 e. The zero-order chi connectivity index (χ0) is 9.87. The molecule has 4 heteroatoms. The van der Waals surface area contributed by atoms with E-state index in [0.717, 1.165) is 5.56 Å². The smallest absolute Gasteiger partial charge is 0.311 e. The Morgan fingerprint density at radius 2 is 2.21 bits per heavy atom. The lowest BCUT2D eigenvalue weighted by Gasteiger charge is -2.05. The van der Waals surface area contributed by atoms with E-state index in [2.05, 4.69) is 0 Å². The molecule has 0 amide bonds. The molecule has 1 fully saturated rings. The van der Waals surface area contributed by atoms with Crippen molar-refractivity contribution in [1.82, 2.24) is 0 Å². The molecule has 0 bridgehead atoms. The highest BCUT2D eigenvalue weighted by molar-refractivity contribution is 5.79. The van der Waals surface area contributed by atoms with Crippen molar-refractivity contribution in [2.75, 3.05) is 0 Å². The van der Waals surface area contributed by atoms with Crippen LogP contribution >= 0.6 is 0 Å². The Morgan fingerprint density at radius 1 is 1.43 bits per heavy atom. The van der Waals surface area contributed by atoms with E-state index in [9.17, 15) is 9.90 Å². The average Bonchev–Trinajstić information content (AvgIpc) is 2.73. The van der Waals surface area contributed by atoms with E-state index in [-0.39, 0.29) is 17.8 Å². The van der Waals surface area contributed by atoms with Crippen molar-refractivity contribution in [3.8, 4) is 11.5 Å². The van der Waals surface area contributed by atoms with Crippen LogP contribution in [-0.2, 0) is 4.79 Å². The van der Waals surface area contributed by atoms with Gasteiger partial charge in [-0.05, 0) is 18.2 Å². The van der Waals surface area contributed by atoms with Crippen LogP contribution in [-0.4, -0.2) is 22.3 Å². The summed E-state index contributed by atoms with van der Waals surface area (Å²) in [5.41, 5.74) is 0.822. The van der Waals surface area contributed by atoms with Crippen molar-refractivity contribution in [2.24, 2.45) is 5.92 Å². The summed E-state index contributed by atoms with van der Waals surface area (Å²) in [5.74, 6) is -0.452. The van der Waals surface area contributed by atoms with E-state index in [4.69, 9.17) is 9.84 Å². The largest absolute Gasteiger partial charge is 0.508 e. The standard InChI is InChI=1S/C10H8O4/c11-4-1-2-6-5(3-4)7-8(10(12)13)9(7)14-6/h1-3,7-9,11H,(H,12,13)/t7-,8?,9-/m0/s1. The highest BCUT2D eigenvalue weighted by atomic mass is 16.5. The Bertz CT molecular complexity index is 426. The summed E-state index contributed by atoms with van der Waals surface area (Å²) in [4.78, 5) is 10.7. The van der Waals surface area contributed by atoms with E-state index in [1.807, 2.05) is 0 Å². The zero-order valence-corrected chi connectivity index (χ0v) is 7.18. The molecule has 1 unspecified atom stereocenters. The van der Waals surface area contributed by atoms with E-state index in [1.165, 1.54) is 0 Å². The fourth-order valence-electron chi connectivity index (χ4n) is 2.14. The molecule has 1 saturated carbocycles. The van der Waals surface area contributed by atoms with Crippen LogP contribution in [0.25, 0.3) is 0 Å². The van der Waals surface area contributed by atoms with Crippen LogP contribution in [0.2, 0.25) is 0 Å². The SMILES string of the molecule is O=C(O)C1[C@H]2Oc3ccc(O)cc3[C@@H]12. The minimum Gasteiger partial charge on any atom is -0.508 e. The molecule has 0 aromatic heterocycles. The number of fused-ring (bicyclic) bond motifs is 3. The molecule has 1 aromatic rings. The molecule has 2 aliphatic rings. The lowest BCUT2D eigenvalue weighted by molar-refractivity contribution is -0.139. The molecular weight excluding hydrogens is 184 g/mol. The van der Waals surface area contributed by atoms with E-state index in [0.29, 0.717) is 5.75 Å². The highest BCUT2D eigenvalue weighted by Crippen LogP contribution is 2.58. The summed E-state index contributed by atoms with van der Waals surface area (Å²) in [6.07, 6.45) is -0.218. The molecule has 1 heterocycles. The molecule has 1 aliphatic heterocycles. The molecule has 2 N–H and O–H groups in total. The summed E-state index contributed by atoms with van der Waals surface area (Å²) in [5, 5.41) is 18.1. The molecule has 1 aliphatic carbocycles. The van der Waals surface area contributed by atoms with Crippen LogP contribution in [0.4, 0.5) is 0 Å². The van der Waals surface area contributed by atoms with Gasteiger partial charge in [-0.25, -0.2) is 0 Å². The first-order valence-electron chi connectivity index (χ1n) is 4.41. The van der Waals surface area contributed by atoms with Crippen molar-refractivity contribution in [3.05, 3.63) is 23.8 Å². The average molecular weight is 192 g/mol. The fourth-order valence-corrected chi connectivity index (χ4v) is 2.14. The summed E-state index contributed by atoms with van der Waals surface area (Å²) in [6, 6.07) is 4.80. The van der Waals surface area contributed by atoms with Crippen LogP contribution in [0.3, 0.4) is 0 Å². The number of aliphatic carboxylic acids is 1. The lowest BCUT2D eigenvalue weighted by Crippen LogP contribution is -2.08. The number of ether oxygens (including phenoxy) is 1. The minimum atomic E-state index is -0.825. The second kappa shape index (κ2) is 2.20. The zero-order valence-electron chi connectivity index (χ0n) is 7.18. The van der Waals surface area contributed by atoms with Gasteiger partial charge in [-0.2, -0.15) is 0 Å². The van der Waals surface area contributed by atoms with Crippen molar-refractivity contribution >= 4 is 5.97 Å². The molecule has 0 radical (unpaired) electrons. The van der Waals surface area contributed by atoms with Crippen LogP contribution in [0.5, 0.6) is 11.5 Å². The van der Waals surface area contributed by atoms with Gasteiger partial charge in [0.05, 0.1) is 0 Å². The number of phenols is 1. The molecule has 72 valence electrons. The number of carboxylic acids is 1. The van der Waals surface area contributed by atoms with E-state index in [1.54, 1.807) is 18.2 Å². The van der Waals surface area contributed by atoms with Gasteiger partial charge in [0.2, 0.25) is 0 Å². The maximum absolute atomic E-state index is 10.7. The first kappa shape index (κ1) is 7.67. The van der Waals surface area contributed by atoms with Gasteiger partial charge < -0.3 is 14.9 Å². The molecule has 4 nitrogen and oxygen atoms in total. The number of benzene rings is 1. The predicted octanol–water partition coefficient (Wildman–Crippen LogP) is 0.951. The summed E-state index contributed by atoms with van der Waals surface area (Å²) < 4.78 is 5.42. The van der Waals surface area contributed by atoms with Crippen LogP contribution < -0.4 is 4.74 Å². The van der Waals surface area contributed by atoms with Gasteiger partial charge in [0.15, 0.2) is 0 Å². The number of aromatic hydroxyl groups is 1. The van der Waals surface area contributed by atoms with Gasteiger partial charge in [-0.3, -0.25) is 4.79 Å². The molecule has 14 heavy (non-hydrogen) atoms. The van der Waals surface area contributed by atoms with Gasteiger partial charge in [0, 0.05) is 11.5 Å². The van der Waals surface area contributed by atoms with Crippen LogP contribution in [0.15, 0.2) is 18.2 Å². The Morgan fingerprint density at radius 3 is 2.93 bits per heavy atom. The number of carbonyl (C=O) groups is 1. The first-order valence-corrected chi connectivity index (χ1v) is 4.41. The molecule has 3 rings (SSSR count). The van der Waals surface area contributed by atoms with Gasteiger partial charge in [-0.15, -0.1) is 0 Å². The number of carboxylic acid groups (broad SMARTS) is 1. The number of rotatable bonds is 1. The van der Waals surface area contributed by atoms with Crippen LogP contribution in [0.1, 0.15) is 11.5 Å². The Kier molecular flexibility index (Phi) is 1.21. The summed E-state index contributed by atoms with van der Waals surface area (Å²) >= 11 is 0. The van der Waals surface area contributed by atoms with Gasteiger partial charge >= 0.3 is 5.97 Å². The second-order valence-electron chi connectivity index (χ2n) is 3.69. The Labute approximate surface area is 79.7 Å². The monoisotopic (exact) mass is 192 g/mol. The highest BCUT2D eigenvalue weighted by Gasteiger charge is 2.63. The fraction of sp³-hybridized carbons (Fsp3) is 0.300. The third-order valence-corrected chi connectivity index (χ3v) is 2.85. The quantitative estimate of drug-likeness (QED) is 0.695. The molecule has 3 atom stereocenters. The number of hydrogen-bond acceptors (Lipinski definition) is 3. The van der Waals surface area contributed by atoms with Crippen LogP contribution in [0, 0.1) is 5.92 Å². The number of phenolic OH excluding ortho intramolecular Hbond substituents is 1. The lowest BCUT2D eigenvalue weighted by atomic mass is 10.1. The summed E-state index contributed by atoms with van der Waals surface area (Å²) in [6.45, 7) is 0. The van der Waals surface area contributed by atoms with Gasteiger partial charge in [0.1, 0.15) is 23.5 Å². The molecular formula is C10H8O4. The van der Waals surface area contributed by atoms with E-state index >= 15 is 0 Å². The Balaban J connectivity index is 2.01. The van der Waals surface area contributed by atoms with Gasteiger partial charge in [-0.1, -0.05) is 0 Å². The molecule has 1 aromatic carbocycles. The minimum absolute atomic E-state index is 0.0606. The third-order valence-electron chi connectivity index (χ3n) is 2.85. The topological polar surface area (TPSA) is 66.8 Å². The van der Waals surface area contributed by atoms with E-state index < -0.39 is 11.9 Å². The summed E-state index contributed by atoms with van der Waals surface area (Å²) in [7, 11) is 0. The normalized spacial score (nSPS) is 31.6. The third kappa shape index (κ3) is 0.801. The Hall–Kier alpha value is -1.71.